The summed E-state index contributed by atoms with van der Waals surface area (Å²) in [4.78, 5) is 36.9. The highest BCUT2D eigenvalue weighted by Crippen LogP contribution is 2.36. The normalized spacial score (nSPS) is 19.6. The monoisotopic (exact) mass is 615 g/mol. The highest BCUT2D eigenvalue weighted by Gasteiger charge is 2.41. The minimum atomic E-state index is -4.86. The van der Waals surface area contributed by atoms with E-state index in [0.29, 0.717) is 6.07 Å². The first-order chi connectivity index (χ1) is 20.0. The zero-order valence-electron chi connectivity index (χ0n) is 24.2. The molecule has 1 fully saturated rings. The van der Waals surface area contributed by atoms with Crippen LogP contribution in [0.15, 0.2) is 18.2 Å². The number of nitrogens with zero attached hydrogens (tertiary/aromatic N) is 5. The molecular formula is C28H34F5N5O5. The van der Waals surface area contributed by atoms with Gasteiger partial charge in [0.05, 0.1) is 17.8 Å². The molecule has 15 heteroatoms. The number of morpholine rings is 1. The number of alkyl halides is 3. The van der Waals surface area contributed by atoms with Crippen LogP contribution in [0.4, 0.5) is 26.7 Å². The van der Waals surface area contributed by atoms with Gasteiger partial charge >= 0.3 is 12.3 Å². The van der Waals surface area contributed by atoms with Gasteiger partial charge in [0.2, 0.25) is 5.91 Å². The molecule has 10 nitrogen and oxygen atoms in total. The number of rotatable bonds is 7. The Hall–Kier alpha value is -3.43. The zero-order valence-corrected chi connectivity index (χ0v) is 24.2. The molecule has 43 heavy (non-hydrogen) atoms. The lowest BCUT2D eigenvalue weighted by atomic mass is 9.98. The van der Waals surface area contributed by atoms with Crippen LogP contribution in [-0.2, 0) is 28.7 Å². The number of aliphatic hydroxyl groups is 1. The van der Waals surface area contributed by atoms with E-state index in [1.807, 2.05) is 0 Å². The first kappa shape index (κ1) is 32.5. The lowest BCUT2D eigenvalue weighted by molar-refractivity contribution is -0.150. The van der Waals surface area contributed by atoms with E-state index in [2.05, 4.69) is 9.97 Å². The molecule has 0 saturated carbocycles. The average molecular weight is 616 g/mol. The van der Waals surface area contributed by atoms with Gasteiger partial charge in [-0.1, -0.05) is 0 Å². The summed E-state index contributed by atoms with van der Waals surface area (Å²) >= 11 is 0. The Balaban J connectivity index is 1.64. The average Bonchev–Trinajstić information content (AvgIpc) is 2.89. The highest BCUT2D eigenvalue weighted by atomic mass is 19.4. The summed E-state index contributed by atoms with van der Waals surface area (Å²) in [7, 11) is 0. The smallest absolute Gasteiger partial charge is 0.433 e. The lowest BCUT2D eigenvalue weighted by Crippen LogP contribution is -2.59. The second kappa shape index (κ2) is 12.3. The molecule has 3 heterocycles. The van der Waals surface area contributed by atoms with E-state index < -0.39 is 53.2 Å². The Kier molecular flexibility index (Phi) is 9.28. The molecule has 2 amide bonds. The van der Waals surface area contributed by atoms with Crippen LogP contribution in [0.5, 0.6) is 0 Å². The van der Waals surface area contributed by atoms with E-state index in [0.717, 1.165) is 17.0 Å². The van der Waals surface area contributed by atoms with Crippen molar-refractivity contribution in [2.75, 3.05) is 26.2 Å². The van der Waals surface area contributed by atoms with Crippen LogP contribution in [-0.4, -0.2) is 97.0 Å². The van der Waals surface area contributed by atoms with Crippen molar-refractivity contribution in [3.63, 3.8) is 0 Å². The summed E-state index contributed by atoms with van der Waals surface area (Å²) in [6.07, 6.45) is -8.06. The third-order valence-corrected chi connectivity index (χ3v) is 7.49. The summed E-state index contributed by atoms with van der Waals surface area (Å²) in [5.41, 5.74) is -2.49. The molecule has 0 aliphatic carbocycles. The quantitative estimate of drug-likeness (QED) is 0.451. The summed E-state index contributed by atoms with van der Waals surface area (Å²) in [6, 6.07) is 1.66. The van der Waals surface area contributed by atoms with Crippen LogP contribution in [0.2, 0.25) is 0 Å². The van der Waals surface area contributed by atoms with Gasteiger partial charge in [0, 0.05) is 49.3 Å². The van der Waals surface area contributed by atoms with Gasteiger partial charge in [-0.3, -0.25) is 14.6 Å². The van der Waals surface area contributed by atoms with Gasteiger partial charge in [0.15, 0.2) is 23.2 Å². The van der Waals surface area contributed by atoms with Gasteiger partial charge in [-0.2, -0.15) is 13.2 Å². The largest absolute Gasteiger partial charge is 0.465 e. The fourth-order valence-corrected chi connectivity index (χ4v) is 5.55. The highest BCUT2D eigenvalue weighted by molar-refractivity contribution is 5.78. The summed E-state index contributed by atoms with van der Waals surface area (Å²) in [6.45, 7) is 6.57. The Morgan fingerprint density at radius 3 is 2.49 bits per heavy atom. The Morgan fingerprint density at radius 1 is 1.19 bits per heavy atom. The van der Waals surface area contributed by atoms with E-state index in [1.54, 1.807) is 27.7 Å². The number of carboxylic acid groups (broad SMARTS) is 1. The van der Waals surface area contributed by atoms with Gasteiger partial charge < -0.3 is 19.8 Å². The second-order valence-corrected chi connectivity index (χ2v) is 11.8. The number of hydrogen-bond acceptors (Lipinski definition) is 7. The molecule has 0 radical (unpaired) electrons. The maximum Gasteiger partial charge on any atom is 0.433 e. The fraction of sp³-hybridized carbons (Fsp3) is 0.571. The Morgan fingerprint density at radius 2 is 1.88 bits per heavy atom. The molecular weight excluding hydrogens is 581 g/mol. The molecule has 2 aliphatic heterocycles. The third kappa shape index (κ3) is 7.39. The van der Waals surface area contributed by atoms with Crippen molar-refractivity contribution in [3.05, 3.63) is 46.8 Å². The minimum Gasteiger partial charge on any atom is -0.465 e. The third-order valence-electron chi connectivity index (χ3n) is 7.49. The number of aliphatic hydroxyl groups excluding tert-OH is 1. The molecule has 3 atom stereocenters. The maximum absolute atomic E-state index is 14.0. The summed E-state index contributed by atoms with van der Waals surface area (Å²) in [5, 5.41) is 21.4. The topological polar surface area (TPSA) is 119 Å². The first-order valence-corrected chi connectivity index (χ1v) is 13.7. The van der Waals surface area contributed by atoms with Gasteiger partial charge in [-0.05, 0) is 52.3 Å². The molecule has 0 bridgehead atoms. The predicted octanol–water partition coefficient (Wildman–Crippen LogP) is 3.90. The Labute approximate surface area is 245 Å². The summed E-state index contributed by atoms with van der Waals surface area (Å²) < 4.78 is 74.7. The van der Waals surface area contributed by atoms with Crippen LogP contribution in [0.25, 0.3) is 11.4 Å². The number of carbonyl (C=O) groups is 2. The van der Waals surface area contributed by atoms with Gasteiger partial charge in [-0.15, -0.1) is 0 Å². The molecule has 2 aliphatic rings. The van der Waals surface area contributed by atoms with Crippen LogP contribution < -0.4 is 0 Å². The van der Waals surface area contributed by atoms with Crippen molar-refractivity contribution < 1.29 is 46.5 Å². The molecule has 1 unspecified atom stereocenters. The van der Waals surface area contributed by atoms with Crippen LogP contribution in [0.3, 0.4) is 0 Å². The molecule has 1 saturated heterocycles. The van der Waals surface area contributed by atoms with Crippen molar-refractivity contribution in [3.8, 4) is 11.4 Å². The molecule has 1 aromatic carbocycles. The van der Waals surface area contributed by atoms with Crippen molar-refractivity contribution in [2.24, 2.45) is 0 Å². The number of amides is 2. The Bertz CT molecular complexity index is 1370. The van der Waals surface area contributed by atoms with E-state index in [9.17, 15) is 41.8 Å². The van der Waals surface area contributed by atoms with Crippen LogP contribution in [0, 0.1) is 11.6 Å². The predicted molar refractivity (Wildman–Crippen MR) is 143 cm³/mol. The number of ether oxygens (including phenoxy) is 1. The van der Waals surface area contributed by atoms with E-state index >= 15 is 0 Å². The molecule has 4 rings (SSSR count). The molecule has 2 aromatic rings. The number of halogens is 5. The van der Waals surface area contributed by atoms with Crippen molar-refractivity contribution in [1.29, 1.82) is 0 Å². The van der Waals surface area contributed by atoms with Crippen molar-refractivity contribution >= 4 is 12.0 Å². The van der Waals surface area contributed by atoms with Crippen molar-refractivity contribution in [2.45, 2.75) is 77.2 Å². The fourth-order valence-electron chi connectivity index (χ4n) is 5.55. The molecule has 2 N–H and O–H groups in total. The van der Waals surface area contributed by atoms with Crippen LogP contribution in [0.1, 0.15) is 51.1 Å². The van der Waals surface area contributed by atoms with Crippen molar-refractivity contribution in [1.82, 2.24) is 24.7 Å². The molecule has 236 valence electrons. The zero-order chi connectivity index (χ0) is 31.9. The maximum atomic E-state index is 14.0. The number of hydrogen-bond donors (Lipinski definition) is 2. The SMILES string of the molecule is C[C@H]1CN(C[C@H](CC(O)N2CCc3c(nc(-c4ccc(F)c(F)c4)nc3C(F)(F)F)C2)N(C(=O)O)C(C)(C)C)C(=O)CO1. The second-order valence-electron chi connectivity index (χ2n) is 11.8. The lowest BCUT2D eigenvalue weighted by Gasteiger charge is -2.44. The number of aromatic nitrogens is 2. The standard InChI is InChI=1S/C28H34F5N5O5/c1-15-11-37(23(40)14-43-15)12-17(38(26(41)42)27(2,3)4)10-22(39)36-8-7-18-21(13-36)34-25(35-24(18)28(31,32)33)16-5-6-19(29)20(30)9-16/h5-6,9,15,17,22,39H,7-8,10-14H2,1-4H3,(H,41,42)/t15-,17-,22?/m0/s1. The van der Waals surface area contributed by atoms with E-state index in [4.69, 9.17) is 4.74 Å². The van der Waals surface area contributed by atoms with E-state index in [-0.39, 0.29) is 74.5 Å². The van der Waals surface area contributed by atoms with E-state index in [1.165, 1.54) is 9.80 Å². The minimum absolute atomic E-state index is 0.0199. The molecule has 1 aromatic heterocycles. The van der Waals surface area contributed by atoms with Crippen LogP contribution >= 0.6 is 0 Å². The number of benzene rings is 1. The first-order valence-electron chi connectivity index (χ1n) is 13.7. The molecule has 0 spiro atoms. The number of carbonyl (C=O) groups excluding carboxylic acids is 1. The van der Waals surface area contributed by atoms with Gasteiger partial charge in [-0.25, -0.2) is 23.5 Å². The van der Waals surface area contributed by atoms with Gasteiger partial charge in [0.25, 0.3) is 0 Å². The number of fused-ring (bicyclic) bond motifs is 1. The summed E-state index contributed by atoms with van der Waals surface area (Å²) in [5.74, 6) is -3.24. The van der Waals surface area contributed by atoms with Gasteiger partial charge in [0.1, 0.15) is 12.8 Å².